The topological polar surface area (TPSA) is 51.2 Å². The summed E-state index contributed by atoms with van der Waals surface area (Å²) in [5.74, 6) is -0.371. The molecule has 0 saturated heterocycles. The Morgan fingerprint density at radius 3 is 2.77 bits per heavy atom. The van der Waals surface area contributed by atoms with Crippen LogP contribution in [-0.2, 0) is 0 Å². The lowest BCUT2D eigenvalue weighted by atomic mass is 10.1. The van der Waals surface area contributed by atoms with Crippen LogP contribution in [0.2, 0.25) is 5.02 Å². The standard InChI is InChI=1S/C15H13ClF2N2O2/c1-9(10-3-2-4-12(7-10)22-15(17)18)20-14(21)13-8-11(16)5-6-19-13/h2-9,15H,1H3,(H,20,21)/t9-/m0/s1. The Hall–Kier alpha value is -2.21. The number of aromatic nitrogens is 1. The monoisotopic (exact) mass is 326 g/mol. The Bertz CT molecular complexity index is 667. The lowest BCUT2D eigenvalue weighted by Gasteiger charge is -2.15. The number of halogens is 3. The number of amides is 1. The Kier molecular flexibility index (Phi) is 5.27. The van der Waals surface area contributed by atoms with E-state index in [2.05, 4.69) is 15.0 Å². The molecule has 4 nitrogen and oxygen atoms in total. The van der Waals surface area contributed by atoms with Crippen LogP contribution in [0.3, 0.4) is 0 Å². The van der Waals surface area contributed by atoms with Gasteiger partial charge in [0.25, 0.3) is 5.91 Å². The van der Waals surface area contributed by atoms with Gasteiger partial charge in [-0.1, -0.05) is 23.7 Å². The van der Waals surface area contributed by atoms with E-state index < -0.39 is 18.6 Å². The van der Waals surface area contributed by atoms with Crippen molar-refractivity contribution in [2.75, 3.05) is 0 Å². The Morgan fingerprint density at radius 2 is 2.09 bits per heavy atom. The van der Waals surface area contributed by atoms with Gasteiger partial charge in [-0.05, 0) is 36.8 Å². The first-order valence-electron chi connectivity index (χ1n) is 6.43. The number of pyridine rings is 1. The van der Waals surface area contributed by atoms with Gasteiger partial charge in [-0.25, -0.2) is 0 Å². The van der Waals surface area contributed by atoms with Crippen molar-refractivity contribution in [2.24, 2.45) is 0 Å². The van der Waals surface area contributed by atoms with Crippen LogP contribution in [0.1, 0.15) is 29.0 Å². The molecule has 0 aliphatic carbocycles. The Balaban J connectivity index is 2.08. The van der Waals surface area contributed by atoms with Crippen LogP contribution in [0.15, 0.2) is 42.6 Å². The maximum Gasteiger partial charge on any atom is 0.387 e. The molecule has 1 aromatic carbocycles. The van der Waals surface area contributed by atoms with Crippen molar-refractivity contribution in [2.45, 2.75) is 19.6 Å². The summed E-state index contributed by atoms with van der Waals surface area (Å²) in [7, 11) is 0. The predicted molar refractivity (Wildman–Crippen MR) is 78.2 cm³/mol. The smallest absolute Gasteiger partial charge is 0.387 e. The van der Waals surface area contributed by atoms with Gasteiger partial charge in [-0.2, -0.15) is 8.78 Å². The number of alkyl halides is 2. The third-order valence-corrected chi connectivity index (χ3v) is 3.12. The van der Waals surface area contributed by atoms with E-state index >= 15 is 0 Å². The molecule has 2 rings (SSSR count). The molecule has 2 aromatic rings. The third-order valence-electron chi connectivity index (χ3n) is 2.89. The van der Waals surface area contributed by atoms with Gasteiger partial charge in [-0.3, -0.25) is 9.78 Å². The molecule has 1 amide bonds. The van der Waals surface area contributed by atoms with Gasteiger partial charge < -0.3 is 10.1 Å². The van der Waals surface area contributed by atoms with Gasteiger partial charge in [0.1, 0.15) is 11.4 Å². The number of nitrogens with zero attached hydrogens (tertiary/aromatic N) is 1. The maximum atomic E-state index is 12.2. The zero-order chi connectivity index (χ0) is 16.1. The first kappa shape index (κ1) is 16.2. The SMILES string of the molecule is C[C@H](NC(=O)c1cc(Cl)ccn1)c1cccc(OC(F)F)c1. The molecule has 0 bridgehead atoms. The molecular weight excluding hydrogens is 314 g/mol. The molecule has 7 heteroatoms. The summed E-state index contributed by atoms with van der Waals surface area (Å²) in [6, 6.07) is 8.75. The summed E-state index contributed by atoms with van der Waals surface area (Å²) in [6.45, 7) is -1.17. The molecule has 0 radical (unpaired) electrons. The number of carbonyl (C=O) groups excluding carboxylic acids is 1. The molecule has 0 aliphatic heterocycles. The number of rotatable bonds is 5. The van der Waals surface area contributed by atoms with Crippen molar-refractivity contribution in [1.82, 2.24) is 10.3 Å². The minimum absolute atomic E-state index is 0.0366. The number of hydrogen-bond acceptors (Lipinski definition) is 3. The van der Waals surface area contributed by atoms with Crippen LogP contribution < -0.4 is 10.1 Å². The van der Waals surface area contributed by atoms with Crippen molar-refractivity contribution in [3.05, 3.63) is 58.9 Å². The van der Waals surface area contributed by atoms with Gasteiger partial charge in [0.05, 0.1) is 6.04 Å². The Labute approximate surface area is 131 Å². The molecule has 1 aromatic heterocycles. The first-order chi connectivity index (χ1) is 10.5. The van der Waals surface area contributed by atoms with E-state index in [4.69, 9.17) is 11.6 Å². The van der Waals surface area contributed by atoms with Crippen LogP contribution >= 0.6 is 11.6 Å². The molecule has 22 heavy (non-hydrogen) atoms. The average Bonchev–Trinajstić information content (AvgIpc) is 2.46. The maximum absolute atomic E-state index is 12.2. The lowest BCUT2D eigenvalue weighted by molar-refractivity contribution is -0.0499. The highest BCUT2D eigenvalue weighted by Gasteiger charge is 2.14. The number of benzene rings is 1. The summed E-state index contributed by atoms with van der Waals surface area (Å²) in [5.41, 5.74) is 0.813. The molecule has 0 aliphatic rings. The fraction of sp³-hybridized carbons (Fsp3) is 0.200. The Morgan fingerprint density at radius 1 is 1.32 bits per heavy atom. The third kappa shape index (κ3) is 4.39. The molecular formula is C15H13ClF2N2O2. The highest BCUT2D eigenvalue weighted by atomic mass is 35.5. The van der Waals surface area contributed by atoms with E-state index in [1.165, 1.54) is 24.4 Å². The van der Waals surface area contributed by atoms with Crippen molar-refractivity contribution < 1.29 is 18.3 Å². The van der Waals surface area contributed by atoms with Crippen LogP contribution in [0, 0.1) is 0 Å². The highest BCUT2D eigenvalue weighted by Crippen LogP contribution is 2.21. The molecule has 1 N–H and O–H groups in total. The molecule has 0 unspecified atom stereocenters. The van der Waals surface area contributed by atoms with Crippen LogP contribution in [0.5, 0.6) is 5.75 Å². The van der Waals surface area contributed by atoms with Gasteiger partial charge in [0.15, 0.2) is 0 Å². The fourth-order valence-electron chi connectivity index (χ4n) is 1.84. The second-order valence-electron chi connectivity index (χ2n) is 4.51. The van der Waals surface area contributed by atoms with E-state index in [-0.39, 0.29) is 11.4 Å². The lowest BCUT2D eigenvalue weighted by Crippen LogP contribution is -2.27. The number of carbonyl (C=O) groups is 1. The molecule has 0 saturated carbocycles. The summed E-state index contributed by atoms with van der Waals surface area (Å²) < 4.78 is 28.8. The molecule has 0 fully saturated rings. The fourth-order valence-corrected chi connectivity index (χ4v) is 2.00. The summed E-state index contributed by atoms with van der Waals surface area (Å²) in [5, 5.41) is 3.12. The van der Waals surface area contributed by atoms with Crippen molar-refractivity contribution in [3.63, 3.8) is 0 Å². The van der Waals surface area contributed by atoms with E-state index in [1.807, 2.05) is 0 Å². The van der Waals surface area contributed by atoms with Gasteiger partial charge >= 0.3 is 6.61 Å². The largest absolute Gasteiger partial charge is 0.435 e. The van der Waals surface area contributed by atoms with E-state index in [1.54, 1.807) is 25.1 Å². The van der Waals surface area contributed by atoms with Gasteiger partial charge in [0.2, 0.25) is 0 Å². The van der Waals surface area contributed by atoms with Crippen LogP contribution in [0.25, 0.3) is 0 Å². The zero-order valence-electron chi connectivity index (χ0n) is 11.6. The van der Waals surface area contributed by atoms with Gasteiger partial charge in [0, 0.05) is 11.2 Å². The highest BCUT2D eigenvalue weighted by molar-refractivity contribution is 6.30. The summed E-state index contributed by atoms with van der Waals surface area (Å²) >= 11 is 5.80. The second-order valence-corrected chi connectivity index (χ2v) is 4.94. The molecule has 116 valence electrons. The zero-order valence-corrected chi connectivity index (χ0v) is 12.3. The van der Waals surface area contributed by atoms with Crippen molar-refractivity contribution in [1.29, 1.82) is 0 Å². The predicted octanol–water partition coefficient (Wildman–Crippen LogP) is 3.83. The number of ether oxygens (including phenoxy) is 1. The molecule has 1 atom stereocenters. The number of nitrogens with one attached hydrogen (secondary N) is 1. The van der Waals surface area contributed by atoms with Crippen LogP contribution in [0.4, 0.5) is 8.78 Å². The number of hydrogen-bond donors (Lipinski definition) is 1. The van der Waals surface area contributed by atoms with Crippen molar-refractivity contribution >= 4 is 17.5 Å². The minimum atomic E-state index is -2.89. The normalized spacial score (nSPS) is 12.0. The molecule has 0 spiro atoms. The summed E-state index contributed by atoms with van der Waals surface area (Å²) in [4.78, 5) is 16.0. The second kappa shape index (κ2) is 7.17. The van der Waals surface area contributed by atoms with Crippen molar-refractivity contribution in [3.8, 4) is 5.75 Å². The van der Waals surface area contributed by atoms with Gasteiger partial charge in [-0.15, -0.1) is 0 Å². The van der Waals surface area contributed by atoms with Crippen LogP contribution in [-0.4, -0.2) is 17.5 Å². The van der Waals surface area contributed by atoms with E-state index in [0.717, 1.165) is 0 Å². The summed E-state index contributed by atoms with van der Waals surface area (Å²) in [6.07, 6.45) is 1.43. The molecule has 1 heterocycles. The minimum Gasteiger partial charge on any atom is -0.435 e. The average molecular weight is 327 g/mol. The van der Waals surface area contributed by atoms with E-state index in [0.29, 0.717) is 10.6 Å². The first-order valence-corrected chi connectivity index (χ1v) is 6.80. The quantitative estimate of drug-likeness (QED) is 0.908. The van der Waals surface area contributed by atoms with E-state index in [9.17, 15) is 13.6 Å².